The molecule has 1 atom stereocenters. The van der Waals surface area contributed by atoms with Crippen LogP contribution < -0.4 is 5.32 Å². The van der Waals surface area contributed by atoms with Gasteiger partial charge in [0.1, 0.15) is 0 Å². The van der Waals surface area contributed by atoms with Crippen molar-refractivity contribution in [1.82, 2.24) is 0 Å². The Labute approximate surface area is 104 Å². The third-order valence-corrected chi connectivity index (χ3v) is 2.80. The average molecular weight is 262 g/mol. The molecule has 16 heavy (non-hydrogen) atoms. The molecule has 0 radical (unpaired) electrons. The van der Waals surface area contributed by atoms with Gasteiger partial charge in [0.25, 0.3) is 0 Å². The van der Waals surface area contributed by atoms with Gasteiger partial charge in [-0.3, -0.25) is 0 Å². The summed E-state index contributed by atoms with van der Waals surface area (Å²) < 4.78 is 0. The average Bonchev–Trinajstić information content (AvgIpc) is 2.20. The van der Waals surface area contributed by atoms with Crippen molar-refractivity contribution in [2.24, 2.45) is 0 Å². The molecule has 5 heteroatoms. The molecule has 0 amide bonds. The van der Waals surface area contributed by atoms with Crippen molar-refractivity contribution in [3.8, 4) is 0 Å². The number of carboxylic acid groups (broad SMARTS) is 1. The second-order valence-electron chi connectivity index (χ2n) is 3.57. The van der Waals surface area contributed by atoms with Gasteiger partial charge in [-0.15, -0.1) is 0 Å². The lowest BCUT2D eigenvalue weighted by Gasteiger charge is -2.16. The quantitative estimate of drug-likeness (QED) is 0.865. The standard InChI is InChI=1S/C11H13Cl2NO2/c1-3-6(2)14-10-8(11(15)16)4-7(12)5-9(10)13/h4-6,14H,3H2,1-2H3,(H,15,16). The van der Waals surface area contributed by atoms with Crippen LogP contribution in [0.1, 0.15) is 30.6 Å². The van der Waals surface area contributed by atoms with Crippen molar-refractivity contribution in [2.75, 3.05) is 5.32 Å². The van der Waals surface area contributed by atoms with E-state index in [-0.39, 0.29) is 11.6 Å². The van der Waals surface area contributed by atoms with E-state index in [4.69, 9.17) is 28.3 Å². The van der Waals surface area contributed by atoms with Crippen LogP contribution in [0, 0.1) is 0 Å². The summed E-state index contributed by atoms with van der Waals surface area (Å²) >= 11 is 11.7. The summed E-state index contributed by atoms with van der Waals surface area (Å²) in [6.45, 7) is 3.96. The zero-order valence-electron chi connectivity index (χ0n) is 9.05. The predicted octanol–water partition coefficient (Wildman–Crippen LogP) is 3.90. The Hall–Kier alpha value is -0.930. The number of hydrogen-bond acceptors (Lipinski definition) is 2. The number of halogens is 2. The fourth-order valence-corrected chi connectivity index (χ4v) is 1.79. The molecule has 0 aliphatic carbocycles. The summed E-state index contributed by atoms with van der Waals surface area (Å²) in [5, 5.41) is 12.7. The third kappa shape index (κ3) is 3.03. The zero-order valence-corrected chi connectivity index (χ0v) is 10.6. The molecular formula is C11H13Cl2NO2. The second kappa shape index (κ2) is 5.41. The van der Waals surface area contributed by atoms with Crippen LogP contribution in [0.3, 0.4) is 0 Å². The second-order valence-corrected chi connectivity index (χ2v) is 4.41. The number of anilines is 1. The Morgan fingerprint density at radius 1 is 1.50 bits per heavy atom. The number of carbonyl (C=O) groups is 1. The van der Waals surface area contributed by atoms with Crippen LogP contribution in [-0.4, -0.2) is 17.1 Å². The topological polar surface area (TPSA) is 49.3 Å². The monoisotopic (exact) mass is 261 g/mol. The number of rotatable bonds is 4. The first-order chi connectivity index (χ1) is 7.45. The van der Waals surface area contributed by atoms with E-state index in [1.54, 1.807) is 0 Å². The highest BCUT2D eigenvalue weighted by atomic mass is 35.5. The first kappa shape index (κ1) is 13.1. The molecule has 1 aromatic carbocycles. The van der Waals surface area contributed by atoms with Crippen molar-refractivity contribution in [2.45, 2.75) is 26.3 Å². The Kier molecular flexibility index (Phi) is 4.44. The lowest BCUT2D eigenvalue weighted by molar-refractivity contribution is 0.0698. The normalized spacial score (nSPS) is 12.2. The fourth-order valence-electron chi connectivity index (χ4n) is 1.24. The lowest BCUT2D eigenvalue weighted by atomic mass is 10.1. The Morgan fingerprint density at radius 2 is 2.12 bits per heavy atom. The predicted molar refractivity (Wildman–Crippen MR) is 66.8 cm³/mol. The van der Waals surface area contributed by atoms with Gasteiger partial charge in [-0.2, -0.15) is 0 Å². The van der Waals surface area contributed by atoms with Gasteiger partial charge in [-0.1, -0.05) is 30.1 Å². The highest BCUT2D eigenvalue weighted by Gasteiger charge is 2.16. The molecule has 0 saturated carbocycles. The molecular weight excluding hydrogens is 249 g/mol. The number of nitrogens with one attached hydrogen (secondary N) is 1. The van der Waals surface area contributed by atoms with E-state index in [9.17, 15) is 4.79 Å². The molecule has 1 rings (SSSR count). The van der Waals surface area contributed by atoms with Gasteiger partial charge < -0.3 is 10.4 Å². The molecule has 0 aliphatic heterocycles. The zero-order chi connectivity index (χ0) is 12.3. The van der Waals surface area contributed by atoms with Crippen LogP contribution in [-0.2, 0) is 0 Å². The van der Waals surface area contributed by atoms with Gasteiger partial charge in [-0.05, 0) is 25.5 Å². The van der Waals surface area contributed by atoms with Gasteiger partial charge in [0, 0.05) is 11.1 Å². The highest BCUT2D eigenvalue weighted by Crippen LogP contribution is 2.31. The Bertz CT molecular complexity index is 407. The van der Waals surface area contributed by atoms with E-state index in [1.165, 1.54) is 12.1 Å². The fraction of sp³-hybridized carbons (Fsp3) is 0.364. The first-order valence-corrected chi connectivity index (χ1v) is 5.70. The van der Waals surface area contributed by atoms with Gasteiger partial charge in [0.15, 0.2) is 0 Å². The van der Waals surface area contributed by atoms with Crippen molar-refractivity contribution in [1.29, 1.82) is 0 Å². The van der Waals surface area contributed by atoms with Crippen molar-refractivity contribution in [3.05, 3.63) is 27.7 Å². The summed E-state index contributed by atoms with van der Waals surface area (Å²) in [7, 11) is 0. The van der Waals surface area contributed by atoms with Gasteiger partial charge in [0.2, 0.25) is 0 Å². The number of hydrogen-bond donors (Lipinski definition) is 2. The first-order valence-electron chi connectivity index (χ1n) is 4.94. The number of aromatic carboxylic acids is 1. The summed E-state index contributed by atoms with van der Waals surface area (Å²) in [5.74, 6) is -1.05. The SMILES string of the molecule is CCC(C)Nc1c(Cl)cc(Cl)cc1C(=O)O. The number of carboxylic acids is 1. The molecule has 2 N–H and O–H groups in total. The molecule has 0 saturated heterocycles. The van der Waals surface area contributed by atoms with E-state index >= 15 is 0 Å². The minimum Gasteiger partial charge on any atom is -0.478 e. The van der Waals surface area contributed by atoms with Crippen molar-refractivity contribution in [3.63, 3.8) is 0 Å². The third-order valence-electron chi connectivity index (χ3n) is 2.29. The van der Waals surface area contributed by atoms with Crippen molar-refractivity contribution < 1.29 is 9.90 Å². The van der Waals surface area contributed by atoms with E-state index < -0.39 is 5.97 Å². The molecule has 0 fully saturated rings. The van der Waals surface area contributed by atoms with Crippen LogP contribution in [0.2, 0.25) is 10.0 Å². The molecule has 0 aromatic heterocycles. The van der Waals surface area contributed by atoms with E-state index in [0.29, 0.717) is 15.7 Å². The van der Waals surface area contributed by atoms with E-state index in [0.717, 1.165) is 6.42 Å². The van der Waals surface area contributed by atoms with Gasteiger partial charge >= 0.3 is 5.97 Å². The highest BCUT2D eigenvalue weighted by molar-refractivity contribution is 6.37. The molecule has 0 bridgehead atoms. The summed E-state index contributed by atoms with van der Waals surface area (Å²) in [6.07, 6.45) is 0.873. The van der Waals surface area contributed by atoms with Crippen LogP contribution in [0.15, 0.2) is 12.1 Å². The maximum Gasteiger partial charge on any atom is 0.337 e. The molecule has 0 aliphatic rings. The van der Waals surface area contributed by atoms with Gasteiger partial charge in [0.05, 0.1) is 16.3 Å². The maximum atomic E-state index is 11.0. The van der Waals surface area contributed by atoms with Crippen LogP contribution in [0.5, 0.6) is 0 Å². The minimum absolute atomic E-state index is 0.0952. The smallest absolute Gasteiger partial charge is 0.337 e. The van der Waals surface area contributed by atoms with Crippen LogP contribution in [0.25, 0.3) is 0 Å². The molecule has 1 unspecified atom stereocenters. The van der Waals surface area contributed by atoms with Crippen molar-refractivity contribution >= 4 is 34.9 Å². The molecule has 88 valence electrons. The lowest BCUT2D eigenvalue weighted by Crippen LogP contribution is -2.16. The van der Waals surface area contributed by atoms with E-state index in [2.05, 4.69) is 5.32 Å². The summed E-state index contributed by atoms with van der Waals surface area (Å²) in [5.41, 5.74) is 0.519. The number of benzene rings is 1. The Morgan fingerprint density at radius 3 is 2.62 bits per heavy atom. The maximum absolute atomic E-state index is 11.0. The minimum atomic E-state index is -1.05. The largest absolute Gasteiger partial charge is 0.478 e. The molecule has 0 heterocycles. The molecule has 3 nitrogen and oxygen atoms in total. The van der Waals surface area contributed by atoms with Crippen LogP contribution >= 0.6 is 23.2 Å². The van der Waals surface area contributed by atoms with Crippen LogP contribution in [0.4, 0.5) is 5.69 Å². The van der Waals surface area contributed by atoms with Gasteiger partial charge in [-0.25, -0.2) is 4.79 Å². The molecule has 0 spiro atoms. The summed E-state index contributed by atoms with van der Waals surface area (Å²) in [4.78, 5) is 11.0. The Balaban J connectivity index is 3.19. The van der Waals surface area contributed by atoms with E-state index in [1.807, 2.05) is 13.8 Å². The molecule has 1 aromatic rings. The summed E-state index contributed by atoms with van der Waals surface area (Å²) in [6, 6.07) is 3.07.